The number of piperazine rings is 1. The van der Waals surface area contributed by atoms with Gasteiger partial charge in [-0.25, -0.2) is 15.0 Å². The molecule has 0 bridgehead atoms. The summed E-state index contributed by atoms with van der Waals surface area (Å²) >= 11 is 1.59. The SMILES string of the molecule is COc1ccc(CN2CCN(c3cc(C)nc(SC)n3)CC2C)cn1. The first kappa shape index (κ1) is 17.9. The molecule has 2 aromatic rings. The lowest BCUT2D eigenvalue weighted by molar-refractivity contribution is 0.180. The van der Waals surface area contributed by atoms with Crippen molar-refractivity contribution in [3.05, 3.63) is 35.7 Å². The van der Waals surface area contributed by atoms with E-state index < -0.39 is 0 Å². The molecule has 0 spiro atoms. The van der Waals surface area contributed by atoms with Crippen molar-refractivity contribution in [2.45, 2.75) is 31.6 Å². The summed E-state index contributed by atoms with van der Waals surface area (Å²) in [6, 6.07) is 6.53. The standard InChI is InChI=1S/C18H25N5OS/c1-13-9-16(21-18(20-13)25-4)23-8-7-22(14(2)11-23)12-15-5-6-17(24-3)19-10-15/h5-6,9-10,14H,7-8,11-12H2,1-4H3. The molecule has 1 atom stereocenters. The molecule has 3 rings (SSSR count). The van der Waals surface area contributed by atoms with Gasteiger partial charge in [0.05, 0.1) is 7.11 Å². The molecule has 0 N–H and O–H groups in total. The van der Waals surface area contributed by atoms with E-state index >= 15 is 0 Å². The van der Waals surface area contributed by atoms with Crippen molar-refractivity contribution < 1.29 is 4.74 Å². The normalized spacial score (nSPS) is 18.4. The lowest BCUT2D eigenvalue weighted by Crippen LogP contribution is -2.51. The van der Waals surface area contributed by atoms with Crippen LogP contribution in [0.3, 0.4) is 0 Å². The maximum atomic E-state index is 5.13. The summed E-state index contributed by atoms with van der Waals surface area (Å²) in [5.74, 6) is 1.69. The van der Waals surface area contributed by atoms with Gasteiger partial charge in [0, 0.05) is 56.2 Å². The molecule has 1 aliphatic heterocycles. The van der Waals surface area contributed by atoms with Gasteiger partial charge in [0.15, 0.2) is 5.16 Å². The molecule has 7 heteroatoms. The lowest BCUT2D eigenvalue weighted by Gasteiger charge is -2.40. The van der Waals surface area contributed by atoms with Gasteiger partial charge in [-0.15, -0.1) is 0 Å². The number of aryl methyl sites for hydroxylation is 1. The number of methoxy groups -OCH3 is 1. The minimum absolute atomic E-state index is 0.448. The first-order chi connectivity index (χ1) is 12.1. The van der Waals surface area contributed by atoms with E-state index in [0.717, 1.165) is 42.8 Å². The Kier molecular flexibility index (Phi) is 5.75. The van der Waals surface area contributed by atoms with Gasteiger partial charge in [0.25, 0.3) is 0 Å². The van der Waals surface area contributed by atoms with Crippen molar-refractivity contribution in [1.29, 1.82) is 0 Å². The van der Waals surface area contributed by atoms with E-state index in [2.05, 4.69) is 43.8 Å². The van der Waals surface area contributed by atoms with Crippen molar-refractivity contribution >= 4 is 17.6 Å². The van der Waals surface area contributed by atoms with Crippen LogP contribution < -0.4 is 9.64 Å². The van der Waals surface area contributed by atoms with Crippen LogP contribution in [0.5, 0.6) is 5.88 Å². The highest BCUT2D eigenvalue weighted by Crippen LogP contribution is 2.22. The first-order valence-corrected chi connectivity index (χ1v) is 9.69. The molecule has 0 radical (unpaired) electrons. The second kappa shape index (κ2) is 8.01. The monoisotopic (exact) mass is 359 g/mol. The van der Waals surface area contributed by atoms with Gasteiger partial charge in [-0.1, -0.05) is 17.8 Å². The average molecular weight is 359 g/mol. The Balaban J connectivity index is 1.64. The third-order valence-corrected chi connectivity index (χ3v) is 5.03. The molecule has 0 aromatic carbocycles. The minimum atomic E-state index is 0.448. The zero-order chi connectivity index (χ0) is 17.8. The van der Waals surface area contributed by atoms with Crippen molar-refractivity contribution in [3.63, 3.8) is 0 Å². The van der Waals surface area contributed by atoms with Crippen molar-refractivity contribution in [3.8, 4) is 5.88 Å². The van der Waals surface area contributed by atoms with Crippen molar-refractivity contribution in [2.75, 3.05) is 37.9 Å². The molecule has 134 valence electrons. The van der Waals surface area contributed by atoms with Gasteiger partial charge in [0.1, 0.15) is 5.82 Å². The molecular weight excluding hydrogens is 334 g/mol. The molecular formula is C18H25N5OS. The zero-order valence-corrected chi connectivity index (χ0v) is 16.1. The van der Waals surface area contributed by atoms with E-state index in [-0.39, 0.29) is 0 Å². The van der Waals surface area contributed by atoms with Crippen LogP contribution in [0.2, 0.25) is 0 Å². The summed E-state index contributed by atoms with van der Waals surface area (Å²) in [5, 5.41) is 0.842. The topological polar surface area (TPSA) is 54.4 Å². The van der Waals surface area contributed by atoms with Crippen LogP contribution in [-0.4, -0.2) is 58.9 Å². The highest BCUT2D eigenvalue weighted by molar-refractivity contribution is 7.98. The van der Waals surface area contributed by atoms with Crippen LogP contribution in [-0.2, 0) is 6.54 Å². The van der Waals surface area contributed by atoms with Crippen molar-refractivity contribution in [2.24, 2.45) is 0 Å². The minimum Gasteiger partial charge on any atom is -0.481 e. The number of aromatic nitrogens is 3. The number of hydrogen-bond donors (Lipinski definition) is 0. The van der Waals surface area contributed by atoms with Crippen molar-refractivity contribution in [1.82, 2.24) is 19.9 Å². The van der Waals surface area contributed by atoms with Gasteiger partial charge in [-0.2, -0.15) is 0 Å². The highest BCUT2D eigenvalue weighted by atomic mass is 32.2. The summed E-state index contributed by atoms with van der Waals surface area (Å²) in [7, 11) is 1.64. The second-order valence-electron chi connectivity index (χ2n) is 6.33. The predicted molar refractivity (Wildman–Crippen MR) is 101 cm³/mol. The fourth-order valence-electron chi connectivity index (χ4n) is 3.08. The number of pyridine rings is 1. The molecule has 1 saturated heterocycles. The van der Waals surface area contributed by atoms with Gasteiger partial charge in [-0.05, 0) is 25.7 Å². The van der Waals surface area contributed by atoms with Gasteiger partial charge < -0.3 is 9.64 Å². The van der Waals surface area contributed by atoms with E-state index in [1.807, 2.05) is 25.4 Å². The van der Waals surface area contributed by atoms with E-state index in [1.165, 1.54) is 5.56 Å². The van der Waals surface area contributed by atoms with E-state index in [0.29, 0.717) is 11.9 Å². The molecule has 0 aliphatic carbocycles. The third-order valence-electron chi connectivity index (χ3n) is 4.48. The summed E-state index contributed by atoms with van der Waals surface area (Å²) in [6.07, 6.45) is 3.92. The number of rotatable bonds is 5. The van der Waals surface area contributed by atoms with E-state index in [9.17, 15) is 0 Å². The maximum Gasteiger partial charge on any atom is 0.212 e. The predicted octanol–water partition coefficient (Wildman–Crippen LogP) is 2.62. The molecule has 25 heavy (non-hydrogen) atoms. The maximum absolute atomic E-state index is 5.13. The number of nitrogens with zero attached hydrogens (tertiary/aromatic N) is 5. The Labute approximate surface area is 153 Å². The van der Waals surface area contributed by atoms with Crippen LogP contribution in [0.15, 0.2) is 29.6 Å². The fourth-order valence-corrected chi connectivity index (χ4v) is 3.50. The Hall–Kier alpha value is -1.86. The lowest BCUT2D eigenvalue weighted by atomic mass is 10.1. The van der Waals surface area contributed by atoms with Crippen LogP contribution in [0.1, 0.15) is 18.2 Å². The number of thioether (sulfide) groups is 1. The summed E-state index contributed by atoms with van der Waals surface area (Å²) < 4.78 is 5.13. The first-order valence-electron chi connectivity index (χ1n) is 8.46. The second-order valence-corrected chi connectivity index (χ2v) is 7.10. The smallest absolute Gasteiger partial charge is 0.212 e. The number of ether oxygens (including phenoxy) is 1. The van der Waals surface area contributed by atoms with E-state index in [1.54, 1.807) is 18.9 Å². The van der Waals surface area contributed by atoms with Gasteiger partial charge >= 0.3 is 0 Å². The van der Waals surface area contributed by atoms with Crippen LogP contribution in [0.25, 0.3) is 0 Å². The Morgan fingerprint density at radius 3 is 2.76 bits per heavy atom. The summed E-state index contributed by atoms with van der Waals surface area (Å²) in [4.78, 5) is 18.3. The van der Waals surface area contributed by atoms with Crippen LogP contribution in [0.4, 0.5) is 5.82 Å². The molecule has 1 fully saturated rings. The molecule has 1 unspecified atom stereocenters. The third kappa shape index (κ3) is 4.41. The molecule has 1 aliphatic rings. The van der Waals surface area contributed by atoms with Gasteiger partial charge in [-0.3, -0.25) is 4.90 Å². The average Bonchev–Trinajstić information content (AvgIpc) is 2.63. The van der Waals surface area contributed by atoms with Crippen LogP contribution >= 0.6 is 11.8 Å². The fraction of sp³-hybridized carbons (Fsp3) is 0.500. The highest BCUT2D eigenvalue weighted by Gasteiger charge is 2.25. The molecule has 0 amide bonds. The Morgan fingerprint density at radius 1 is 1.28 bits per heavy atom. The Morgan fingerprint density at radius 2 is 2.12 bits per heavy atom. The van der Waals surface area contributed by atoms with Crippen LogP contribution in [0, 0.1) is 6.92 Å². The Bertz CT molecular complexity index is 709. The molecule has 0 saturated carbocycles. The summed E-state index contributed by atoms with van der Waals surface area (Å²) in [6.45, 7) is 8.15. The number of anilines is 1. The molecule has 6 nitrogen and oxygen atoms in total. The number of hydrogen-bond acceptors (Lipinski definition) is 7. The summed E-state index contributed by atoms with van der Waals surface area (Å²) in [5.41, 5.74) is 2.23. The molecule has 3 heterocycles. The van der Waals surface area contributed by atoms with Gasteiger partial charge in [0.2, 0.25) is 5.88 Å². The molecule has 2 aromatic heterocycles. The zero-order valence-electron chi connectivity index (χ0n) is 15.3. The van der Waals surface area contributed by atoms with E-state index in [4.69, 9.17) is 4.74 Å². The quantitative estimate of drug-likeness (QED) is 0.601. The largest absolute Gasteiger partial charge is 0.481 e.